The minimum atomic E-state index is -3.03. The molecule has 1 saturated carbocycles. The van der Waals surface area contributed by atoms with Crippen molar-refractivity contribution in [1.29, 1.82) is 0 Å². The summed E-state index contributed by atoms with van der Waals surface area (Å²) in [6, 6.07) is 4.88. The van der Waals surface area contributed by atoms with Crippen molar-refractivity contribution in [1.82, 2.24) is 5.32 Å². The number of nitrogens with one attached hydrogen (secondary N) is 1. The third-order valence-corrected chi connectivity index (χ3v) is 6.62. The molecule has 1 fully saturated rings. The van der Waals surface area contributed by atoms with Crippen molar-refractivity contribution in [2.24, 2.45) is 5.41 Å². The maximum atomic E-state index is 13.0. The van der Waals surface area contributed by atoms with Crippen LogP contribution in [0.2, 0.25) is 0 Å². The average molecular weight is 441 g/mol. The van der Waals surface area contributed by atoms with E-state index in [2.05, 4.69) is 5.32 Å². The summed E-state index contributed by atoms with van der Waals surface area (Å²) in [6.45, 7) is 0. The maximum Gasteiger partial charge on any atom is 0.328 e. The van der Waals surface area contributed by atoms with Gasteiger partial charge in [0.05, 0.1) is 12.0 Å². The predicted octanol–water partition coefficient (Wildman–Crippen LogP) is 2.18. The molecule has 0 heterocycles. The number of hydrogen-bond donors (Lipinski definition) is 1. The average Bonchev–Trinajstić information content (AvgIpc) is 2.65. The highest BCUT2D eigenvalue weighted by molar-refractivity contribution is 7.90. The van der Waals surface area contributed by atoms with Crippen LogP contribution in [0.25, 0.3) is 0 Å². The second-order valence-electron chi connectivity index (χ2n) is 7.90. The quantitative estimate of drug-likeness (QED) is 0.241. The van der Waals surface area contributed by atoms with Crippen molar-refractivity contribution in [3.05, 3.63) is 39.9 Å². The Hall–Kier alpha value is -2.49. The minimum Gasteiger partial charge on any atom is -0.467 e. The Morgan fingerprint density at radius 3 is 2.33 bits per heavy atom. The van der Waals surface area contributed by atoms with Crippen LogP contribution < -0.4 is 5.32 Å². The zero-order valence-corrected chi connectivity index (χ0v) is 18.1. The van der Waals surface area contributed by atoms with Gasteiger partial charge in [0.25, 0.3) is 5.69 Å². The van der Waals surface area contributed by atoms with Gasteiger partial charge in [-0.15, -0.1) is 0 Å². The molecule has 10 heteroatoms. The molecule has 0 aromatic heterocycles. The van der Waals surface area contributed by atoms with Gasteiger partial charge in [-0.2, -0.15) is 0 Å². The van der Waals surface area contributed by atoms with Gasteiger partial charge in [0, 0.05) is 36.0 Å². The molecule has 1 aromatic carbocycles. The molecule has 0 bridgehead atoms. The highest BCUT2D eigenvalue weighted by atomic mass is 32.2. The first kappa shape index (κ1) is 23.8. The number of ether oxygens (including phenoxy) is 1. The van der Waals surface area contributed by atoms with E-state index in [9.17, 15) is 28.1 Å². The summed E-state index contributed by atoms with van der Waals surface area (Å²) in [6.07, 6.45) is 5.33. The fourth-order valence-electron chi connectivity index (χ4n) is 3.66. The van der Waals surface area contributed by atoms with Crippen molar-refractivity contribution >= 4 is 27.4 Å². The molecule has 2 rings (SSSR count). The number of nitro benzene ring substituents is 1. The lowest BCUT2D eigenvalue weighted by molar-refractivity contribution is -0.384. The Bertz CT molecular complexity index is 877. The number of esters is 1. The van der Waals surface area contributed by atoms with E-state index in [0.717, 1.165) is 6.42 Å². The topological polar surface area (TPSA) is 133 Å². The van der Waals surface area contributed by atoms with Gasteiger partial charge in [0.2, 0.25) is 5.91 Å². The van der Waals surface area contributed by atoms with Gasteiger partial charge in [0.15, 0.2) is 0 Å². The number of amides is 1. The van der Waals surface area contributed by atoms with Crippen LogP contribution in [-0.4, -0.2) is 50.4 Å². The summed E-state index contributed by atoms with van der Waals surface area (Å²) < 4.78 is 27.4. The van der Waals surface area contributed by atoms with E-state index in [-0.39, 0.29) is 23.8 Å². The van der Waals surface area contributed by atoms with E-state index in [1.165, 1.54) is 25.5 Å². The van der Waals surface area contributed by atoms with Gasteiger partial charge < -0.3 is 10.1 Å². The molecular weight excluding hydrogens is 412 g/mol. The molecule has 0 saturated heterocycles. The molecule has 1 aliphatic carbocycles. The van der Waals surface area contributed by atoms with E-state index >= 15 is 0 Å². The minimum absolute atomic E-state index is 0.0556. The first-order chi connectivity index (χ1) is 14.1. The van der Waals surface area contributed by atoms with Crippen LogP contribution in [0, 0.1) is 15.5 Å². The summed E-state index contributed by atoms with van der Waals surface area (Å²) in [5, 5.41) is 13.6. The largest absolute Gasteiger partial charge is 0.467 e. The predicted molar refractivity (Wildman–Crippen MR) is 111 cm³/mol. The molecule has 0 spiro atoms. The van der Waals surface area contributed by atoms with E-state index in [4.69, 9.17) is 4.74 Å². The summed E-state index contributed by atoms with van der Waals surface area (Å²) in [7, 11) is -1.79. The molecule has 166 valence electrons. The zero-order valence-electron chi connectivity index (χ0n) is 17.3. The Balaban J connectivity index is 2.02. The van der Waals surface area contributed by atoms with E-state index < -0.39 is 32.2 Å². The fraction of sp³-hybridized carbons (Fsp3) is 0.600. The van der Waals surface area contributed by atoms with Gasteiger partial charge in [-0.1, -0.05) is 25.0 Å². The number of nitro groups is 1. The highest BCUT2D eigenvalue weighted by Crippen LogP contribution is 2.45. The molecule has 0 radical (unpaired) electrons. The second kappa shape index (κ2) is 10.0. The Kier molecular flexibility index (Phi) is 7.94. The first-order valence-corrected chi connectivity index (χ1v) is 11.9. The number of methoxy groups -OCH3 is 1. The summed E-state index contributed by atoms with van der Waals surface area (Å²) in [5.74, 6) is -0.728. The number of carbonyl (C=O) groups excluding carboxylic acids is 2. The third kappa shape index (κ3) is 6.51. The first-order valence-electron chi connectivity index (χ1n) is 9.86. The molecule has 30 heavy (non-hydrogen) atoms. The zero-order chi connectivity index (χ0) is 22.4. The molecule has 1 N–H and O–H groups in total. The molecule has 1 unspecified atom stereocenters. The molecular formula is C20H28N2O7S. The standard InChI is InChI=1S/C20H28N2O7S/c1-29-18(23)17(14-15-6-8-16(9-7-15)22(25)26)21-19(24)20(11-5-12-20)10-3-4-13-30(2,27)28/h6-9,17H,3-5,10-14H2,1-2H3,(H,21,24). The van der Waals surface area contributed by atoms with Gasteiger partial charge in [-0.3, -0.25) is 14.9 Å². The maximum absolute atomic E-state index is 13.0. The van der Waals surface area contributed by atoms with Crippen LogP contribution in [0.3, 0.4) is 0 Å². The van der Waals surface area contributed by atoms with Crippen molar-refractivity contribution in [2.75, 3.05) is 19.1 Å². The van der Waals surface area contributed by atoms with Crippen LogP contribution >= 0.6 is 0 Å². The van der Waals surface area contributed by atoms with Crippen LogP contribution in [0.4, 0.5) is 5.69 Å². The number of benzene rings is 1. The third-order valence-electron chi connectivity index (χ3n) is 5.59. The van der Waals surface area contributed by atoms with Gasteiger partial charge in [-0.05, 0) is 31.2 Å². The number of unbranched alkanes of at least 4 members (excludes halogenated alkanes) is 1. The SMILES string of the molecule is COC(=O)C(Cc1ccc([N+](=O)[O-])cc1)NC(=O)C1(CCCCS(C)(=O)=O)CCC1. The fourth-order valence-corrected chi connectivity index (χ4v) is 4.39. The smallest absolute Gasteiger partial charge is 0.328 e. The van der Waals surface area contributed by atoms with Gasteiger partial charge in [-0.25, -0.2) is 13.2 Å². The summed E-state index contributed by atoms with van der Waals surface area (Å²) in [4.78, 5) is 35.5. The number of hydrogen-bond acceptors (Lipinski definition) is 7. The van der Waals surface area contributed by atoms with Crippen LogP contribution in [0.15, 0.2) is 24.3 Å². The Morgan fingerprint density at radius 2 is 1.87 bits per heavy atom. The summed E-state index contributed by atoms with van der Waals surface area (Å²) >= 11 is 0. The van der Waals surface area contributed by atoms with Crippen LogP contribution in [0.5, 0.6) is 0 Å². The molecule has 1 aliphatic rings. The summed E-state index contributed by atoms with van der Waals surface area (Å²) in [5.41, 5.74) is 0.0197. The molecule has 1 amide bonds. The second-order valence-corrected chi connectivity index (χ2v) is 10.2. The van der Waals surface area contributed by atoms with E-state index in [0.29, 0.717) is 37.7 Å². The number of sulfone groups is 1. The molecule has 1 aromatic rings. The van der Waals surface area contributed by atoms with Crippen molar-refractivity contribution in [3.63, 3.8) is 0 Å². The highest BCUT2D eigenvalue weighted by Gasteiger charge is 2.44. The van der Waals surface area contributed by atoms with Crippen molar-refractivity contribution in [3.8, 4) is 0 Å². The number of carbonyl (C=O) groups is 2. The number of rotatable bonds is 11. The number of non-ortho nitro benzene ring substituents is 1. The van der Waals surface area contributed by atoms with Crippen molar-refractivity contribution < 1.29 is 27.7 Å². The molecule has 9 nitrogen and oxygen atoms in total. The lowest BCUT2D eigenvalue weighted by Crippen LogP contribution is -2.52. The van der Waals surface area contributed by atoms with Crippen molar-refractivity contribution in [2.45, 2.75) is 51.0 Å². The molecule has 1 atom stereocenters. The molecule has 0 aliphatic heterocycles. The Morgan fingerprint density at radius 1 is 1.23 bits per heavy atom. The van der Waals surface area contributed by atoms with E-state index in [1.807, 2.05) is 0 Å². The Labute approximate surface area is 176 Å². The van der Waals surface area contributed by atoms with Gasteiger partial charge >= 0.3 is 5.97 Å². The van der Waals surface area contributed by atoms with Crippen LogP contribution in [-0.2, 0) is 30.6 Å². The lowest BCUT2D eigenvalue weighted by Gasteiger charge is -2.41. The monoisotopic (exact) mass is 440 g/mol. The normalized spacial score (nSPS) is 16.2. The lowest BCUT2D eigenvalue weighted by atomic mass is 9.65. The number of nitrogens with zero attached hydrogens (tertiary/aromatic N) is 1. The van der Waals surface area contributed by atoms with Gasteiger partial charge in [0.1, 0.15) is 15.9 Å². The van der Waals surface area contributed by atoms with E-state index in [1.54, 1.807) is 12.1 Å². The van der Waals surface area contributed by atoms with Crippen LogP contribution in [0.1, 0.15) is 44.1 Å².